The normalized spacial score (nSPS) is 13.4. The monoisotopic (exact) mass is 192 g/mol. The van der Waals surface area contributed by atoms with Crippen LogP contribution in [0.5, 0.6) is 0 Å². The van der Waals surface area contributed by atoms with Gasteiger partial charge in [0.2, 0.25) is 0 Å². The molecule has 0 radical (unpaired) electrons. The Morgan fingerprint density at radius 3 is 3.00 bits per heavy atom. The van der Waals surface area contributed by atoms with Crippen molar-refractivity contribution in [2.45, 2.75) is 26.2 Å². The summed E-state index contributed by atoms with van der Waals surface area (Å²) in [5.41, 5.74) is 1.59. The van der Waals surface area contributed by atoms with Crippen LogP contribution in [0.3, 0.4) is 0 Å². The molecule has 0 aliphatic heterocycles. The summed E-state index contributed by atoms with van der Waals surface area (Å²) < 4.78 is 13.6. The van der Waals surface area contributed by atoms with Crippen LogP contribution < -0.4 is 0 Å². The second kappa shape index (κ2) is 3.40. The first-order valence-corrected chi connectivity index (χ1v) is 4.85. The highest BCUT2D eigenvalue weighted by Gasteiger charge is 2.14. The summed E-state index contributed by atoms with van der Waals surface area (Å²) in [4.78, 5) is 0. The molecule has 1 heterocycles. The Morgan fingerprint density at radius 2 is 2.29 bits per heavy atom. The quantitative estimate of drug-likeness (QED) is 0.777. The molecule has 3 heteroatoms. The first kappa shape index (κ1) is 9.19. The minimum Gasteiger partial charge on any atom is -0.277 e. The summed E-state index contributed by atoms with van der Waals surface area (Å²) in [5, 5.41) is 7.76. The molecular formula is C11H13FN2. The number of aromatic amines is 1. The van der Waals surface area contributed by atoms with E-state index in [1.807, 2.05) is 6.92 Å². The van der Waals surface area contributed by atoms with Gasteiger partial charge in [-0.3, -0.25) is 5.10 Å². The van der Waals surface area contributed by atoms with Crippen molar-refractivity contribution in [1.29, 1.82) is 0 Å². The average molecular weight is 192 g/mol. The zero-order valence-corrected chi connectivity index (χ0v) is 8.34. The molecule has 0 bridgehead atoms. The summed E-state index contributed by atoms with van der Waals surface area (Å²) in [6.45, 7) is 4.08. The van der Waals surface area contributed by atoms with Gasteiger partial charge in [-0.1, -0.05) is 13.8 Å². The van der Waals surface area contributed by atoms with Crippen molar-refractivity contribution in [1.82, 2.24) is 10.2 Å². The Balaban J connectivity index is 2.70. The third kappa shape index (κ3) is 1.29. The van der Waals surface area contributed by atoms with E-state index in [2.05, 4.69) is 17.1 Å². The van der Waals surface area contributed by atoms with Gasteiger partial charge in [-0.2, -0.15) is 5.10 Å². The van der Waals surface area contributed by atoms with Gasteiger partial charge in [0, 0.05) is 10.9 Å². The first-order valence-electron chi connectivity index (χ1n) is 4.85. The average Bonchev–Trinajstić information content (AvgIpc) is 2.64. The summed E-state index contributed by atoms with van der Waals surface area (Å²) >= 11 is 0. The minimum absolute atomic E-state index is 0.142. The number of nitrogens with zero attached hydrogens (tertiary/aromatic N) is 1. The number of benzene rings is 1. The summed E-state index contributed by atoms with van der Waals surface area (Å²) in [6, 6.07) is 3.26. The highest BCUT2D eigenvalue weighted by molar-refractivity contribution is 5.81. The predicted octanol–water partition coefficient (Wildman–Crippen LogP) is 3.22. The highest BCUT2D eigenvalue weighted by atomic mass is 19.1. The van der Waals surface area contributed by atoms with Crippen molar-refractivity contribution < 1.29 is 4.39 Å². The topological polar surface area (TPSA) is 28.7 Å². The van der Waals surface area contributed by atoms with E-state index in [9.17, 15) is 4.39 Å². The molecule has 1 unspecified atom stereocenters. The Bertz CT molecular complexity index is 447. The number of halogens is 1. The molecule has 1 atom stereocenters. The van der Waals surface area contributed by atoms with Crippen molar-refractivity contribution in [3.05, 3.63) is 29.7 Å². The van der Waals surface area contributed by atoms with Crippen molar-refractivity contribution >= 4 is 10.9 Å². The highest BCUT2D eigenvalue weighted by Crippen LogP contribution is 2.28. The third-order valence-corrected chi connectivity index (χ3v) is 2.71. The van der Waals surface area contributed by atoms with Gasteiger partial charge in [0.15, 0.2) is 0 Å². The van der Waals surface area contributed by atoms with Gasteiger partial charge in [-0.05, 0) is 24.5 Å². The van der Waals surface area contributed by atoms with Gasteiger partial charge < -0.3 is 0 Å². The van der Waals surface area contributed by atoms with E-state index in [1.54, 1.807) is 12.3 Å². The summed E-state index contributed by atoms with van der Waals surface area (Å²) in [6.07, 6.45) is 2.65. The fourth-order valence-corrected chi connectivity index (χ4v) is 1.70. The van der Waals surface area contributed by atoms with Gasteiger partial charge in [0.25, 0.3) is 0 Å². The molecule has 2 rings (SSSR count). The molecule has 0 fully saturated rings. The molecule has 0 aliphatic rings. The van der Waals surface area contributed by atoms with Crippen LogP contribution in [0, 0.1) is 5.82 Å². The molecule has 0 spiro atoms. The molecule has 1 aromatic heterocycles. The molecule has 1 aromatic carbocycles. The number of H-pyrrole nitrogens is 1. The van der Waals surface area contributed by atoms with Crippen molar-refractivity contribution in [3.8, 4) is 0 Å². The molecule has 1 N–H and O–H groups in total. The van der Waals surface area contributed by atoms with E-state index >= 15 is 0 Å². The van der Waals surface area contributed by atoms with Crippen LogP contribution in [0.25, 0.3) is 10.9 Å². The van der Waals surface area contributed by atoms with Crippen LogP contribution in [0.1, 0.15) is 31.7 Å². The molecule has 0 aliphatic carbocycles. The molecule has 0 saturated heterocycles. The number of nitrogens with one attached hydrogen (secondary N) is 1. The molecule has 0 amide bonds. The molecule has 2 aromatic rings. The number of fused-ring (bicyclic) bond motifs is 1. The van der Waals surface area contributed by atoms with Crippen molar-refractivity contribution in [2.75, 3.05) is 0 Å². The molecular weight excluding hydrogens is 179 g/mol. The standard InChI is InChI=1S/C11H13FN2/c1-3-7(2)10-9(12)5-4-8-6-13-14-11(8)10/h4-7H,3H2,1-2H3,(H,13,14). The largest absolute Gasteiger partial charge is 0.277 e. The van der Waals surface area contributed by atoms with Crippen LogP contribution >= 0.6 is 0 Å². The Kier molecular flexibility index (Phi) is 2.23. The minimum atomic E-state index is -0.142. The molecule has 0 saturated carbocycles. The smallest absolute Gasteiger partial charge is 0.128 e. The summed E-state index contributed by atoms with van der Waals surface area (Å²) in [5.74, 6) is 0.0789. The van der Waals surface area contributed by atoms with E-state index in [4.69, 9.17) is 0 Å². The maximum Gasteiger partial charge on any atom is 0.128 e. The van der Waals surface area contributed by atoms with Gasteiger partial charge in [-0.15, -0.1) is 0 Å². The van der Waals surface area contributed by atoms with Crippen LogP contribution in [0.2, 0.25) is 0 Å². The van der Waals surface area contributed by atoms with Crippen LogP contribution in [0.15, 0.2) is 18.3 Å². The maximum atomic E-state index is 13.6. The third-order valence-electron chi connectivity index (χ3n) is 2.71. The van der Waals surface area contributed by atoms with Gasteiger partial charge in [-0.25, -0.2) is 4.39 Å². The number of aromatic nitrogens is 2. The maximum absolute atomic E-state index is 13.6. The fourth-order valence-electron chi connectivity index (χ4n) is 1.70. The fraction of sp³-hybridized carbons (Fsp3) is 0.364. The Hall–Kier alpha value is -1.38. The van der Waals surface area contributed by atoms with Crippen LogP contribution in [-0.4, -0.2) is 10.2 Å². The zero-order chi connectivity index (χ0) is 10.1. The lowest BCUT2D eigenvalue weighted by Gasteiger charge is -2.10. The SMILES string of the molecule is CCC(C)c1c(F)ccc2cn[nH]c12. The van der Waals surface area contributed by atoms with E-state index < -0.39 is 0 Å². The van der Waals surface area contributed by atoms with Crippen molar-refractivity contribution in [3.63, 3.8) is 0 Å². The van der Waals surface area contributed by atoms with Crippen LogP contribution in [-0.2, 0) is 0 Å². The van der Waals surface area contributed by atoms with Gasteiger partial charge in [0.1, 0.15) is 5.82 Å². The van der Waals surface area contributed by atoms with Crippen LogP contribution in [0.4, 0.5) is 4.39 Å². The zero-order valence-electron chi connectivity index (χ0n) is 8.34. The second-order valence-corrected chi connectivity index (χ2v) is 3.60. The first-order chi connectivity index (χ1) is 6.74. The van der Waals surface area contributed by atoms with E-state index in [0.717, 1.165) is 22.9 Å². The second-order valence-electron chi connectivity index (χ2n) is 3.60. The summed E-state index contributed by atoms with van der Waals surface area (Å²) in [7, 11) is 0. The Morgan fingerprint density at radius 1 is 1.50 bits per heavy atom. The lowest BCUT2D eigenvalue weighted by Crippen LogP contribution is -1.97. The van der Waals surface area contributed by atoms with Crippen molar-refractivity contribution in [2.24, 2.45) is 0 Å². The van der Waals surface area contributed by atoms with Gasteiger partial charge in [0.05, 0.1) is 11.7 Å². The lowest BCUT2D eigenvalue weighted by molar-refractivity contribution is 0.587. The molecule has 74 valence electrons. The van der Waals surface area contributed by atoms with E-state index in [1.165, 1.54) is 6.07 Å². The molecule has 2 nitrogen and oxygen atoms in total. The van der Waals surface area contributed by atoms with E-state index in [-0.39, 0.29) is 11.7 Å². The lowest BCUT2D eigenvalue weighted by atomic mass is 9.96. The Labute approximate surface area is 82.1 Å². The number of rotatable bonds is 2. The number of hydrogen-bond donors (Lipinski definition) is 1. The number of hydrogen-bond acceptors (Lipinski definition) is 1. The predicted molar refractivity (Wildman–Crippen MR) is 54.8 cm³/mol. The van der Waals surface area contributed by atoms with Gasteiger partial charge >= 0.3 is 0 Å². The van der Waals surface area contributed by atoms with E-state index in [0.29, 0.717) is 0 Å². The molecule has 14 heavy (non-hydrogen) atoms.